The summed E-state index contributed by atoms with van der Waals surface area (Å²) < 4.78 is 0. The zero-order valence-corrected chi connectivity index (χ0v) is 23.4. The lowest BCUT2D eigenvalue weighted by molar-refractivity contribution is -0.131. The Labute approximate surface area is 236 Å². The summed E-state index contributed by atoms with van der Waals surface area (Å²) >= 11 is 0. The van der Waals surface area contributed by atoms with E-state index in [4.69, 9.17) is 5.73 Å². The van der Waals surface area contributed by atoms with E-state index < -0.39 is 0 Å². The van der Waals surface area contributed by atoms with Crippen molar-refractivity contribution in [3.05, 3.63) is 70.9 Å². The third kappa shape index (κ3) is 6.11. The van der Waals surface area contributed by atoms with Gasteiger partial charge in [0.15, 0.2) is 0 Å². The van der Waals surface area contributed by atoms with Gasteiger partial charge in [-0.2, -0.15) is 0 Å². The van der Waals surface area contributed by atoms with E-state index in [9.17, 15) is 14.4 Å². The van der Waals surface area contributed by atoms with E-state index in [0.29, 0.717) is 49.8 Å². The van der Waals surface area contributed by atoms with Crippen molar-refractivity contribution in [1.29, 1.82) is 0 Å². The van der Waals surface area contributed by atoms with Crippen LogP contribution in [-0.4, -0.2) is 67.0 Å². The van der Waals surface area contributed by atoms with Crippen molar-refractivity contribution in [1.82, 2.24) is 9.80 Å². The number of piperidine rings is 1. The molecule has 8 nitrogen and oxygen atoms in total. The number of carbonyl (C=O) groups excluding carboxylic acids is 3. The van der Waals surface area contributed by atoms with Gasteiger partial charge in [-0.15, -0.1) is 0 Å². The lowest BCUT2D eigenvalue weighted by Gasteiger charge is -2.32. The summed E-state index contributed by atoms with van der Waals surface area (Å²) in [5.41, 5.74) is 11.1. The van der Waals surface area contributed by atoms with Gasteiger partial charge in [0.05, 0.1) is 5.92 Å². The SMILES string of the molecule is CN=CC(=CN)c1ccc(C2CCN(C(=O)c3ccc(C)c(NC(=O)C4CCN(C(=O)C5CC5)C4)c3)CC2)cc1. The van der Waals surface area contributed by atoms with Gasteiger partial charge in [0.1, 0.15) is 0 Å². The van der Waals surface area contributed by atoms with Crippen molar-refractivity contribution in [3.63, 3.8) is 0 Å². The first-order valence-corrected chi connectivity index (χ1v) is 14.3. The van der Waals surface area contributed by atoms with Gasteiger partial charge in [-0.25, -0.2) is 0 Å². The summed E-state index contributed by atoms with van der Waals surface area (Å²) in [6.07, 6.45) is 7.73. The van der Waals surface area contributed by atoms with Crippen LogP contribution < -0.4 is 11.1 Å². The molecular formula is C32H39N5O3. The maximum Gasteiger partial charge on any atom is 0.253 e. The molecule has 5 rings (SSSR count). The van der Waals surface area contributed by atoms with Crippen molar-refractivity contribution in [2.75, 3.05) is 38.5 Å². The first-order chi connectivity index (χ1) is 19.4. The molecule has 2 aromatic rings. The van der Waals surface area contributed by atoms with Crippen LogP contribution in [-0.2, 0) is 9.59 Å². The molecule has 0 aromatic heterocycles. The Morgan fingerprint density at radius 2 is 1.57 bits per heavy atom. The Hall–Kier alpha value is -3.94. The normalized spacial score (nSPS) is 20.2. The Balaban J connectivity index is 1.17. The summed E-state index contributed by atoms with van der Waals surface area (Å²) in [5.74, 6) is 0.454. The average molecular weight is 542 g/mol. The number of nitrogens with two attached hydrogens (primary N) is 1. The van der Waals surface area contributed by atoms with Crippen molar-refractivity contribution < 1.29 is 14.4 Å². The predicted octanol–water partition coefficient (Wildman–Crippen LogP) is 4.21. The second kappa shape index (κ2) is 12.1. The van der Waals surface area contributed by atoms with Gasteiger partial charge in [-0.1, -0.05) is 30.3 Å². The quantitative estimate of drug-likeness (QED) is 0.512. The van der Waals surface area contributed by atoms with Crippen LogP contribution in [0.25, 0.3) is 5.57 Å². The highest BCUT2D eigenvalue weighted by molar-refractivity contribution is 6.09. The van der Waals surface area contributed by atoms with Crippen LogP contribution >= 0.6 is 0 Å². The van der Waals surface area contributed by atoms with Gasteiger partial charge < -0.3 is 20.9 Å². The van der Waals surface area contributed by atoms with Crippen LogP contribution in [0.5, 0.6) is 0 Å². The number of carbonyl (C=O) groups is 3. The summed E-state index contributed by atoms with van der Waals surface area (Å²) in [6.45, 7) is 4.42. The highest BCUT2D eigenvalue weighted by Crippen LogP contribution is 2.33. The molecule has 1 aliphatic carbocycles. The number of likely N-dealkylation sites (tertiary alicyclic amines) is 2. The van der Waals surface area contributed by atoms with Crippen LogP contribution in [0.1, 0.15) is 65.1 Å². The number of rotatable bonds is 7. The molecule has 210 valence electrons. The second-order valence-corrected chi connectivity index (χ2v) is 11.3. The summed E-state index contributed by atoms with van der Waals surface area (Å²) in [7, 11) is 1.73. The topological polar surface area (TPSA) is 108 Å². The Morgan fingerprint density at radius 3 is 2.23 bits per heavy atom. The number of aryl methyl sites for hydroxylation is 1. The predicted molar refractivity (Wildman–Crippen MR) is 158 cm³/mol. The van der Waals surface area contributed by atoms with E-state index in [1.807, 2.05) is 28.9 Å². The third-order valence-electron chi connectivity index (χ3n) is 8.49. The van der Waals surface area contributed by atoms with Crippen molar-refractivity contribution in [2.24, 2.45) is 22.6 Å². The first kappa shape index (κ1) is 27.6. The molecule has 8 heteroatoms. The van der Waals surface area contributed by atoms with Gasteiger partial charge in [-0.3, -0.25) is 19.4 Å². The molecule has 1 unspecified atom stereocenters. The van der Waals surface area contributed by atoms with Gasteiger partial charge in [0.2, 0.25) is 11.8 Å². The molecule has 2 heterocycles. The number of allylic oxidation sites excluding steroid dienone is 1. The molecule has 0 spiro atoms. The van der Waals surface area contributed by atoms with Gasteiger partial charge in [0, 0.05) is 68.4 Å². The monoisotopic (exact) mass is 541 g/mol. The number of hydrogen-bond donors (Lipinski definition) is 2. The molecule has 2 aliphatic heterocycles. The van der Waals surface area contributed by atoms with Gasteiger partial charge in [-0.05, 0) is 73.8 Å². The molecule has 3 fully saturated rings. The number of aliphatic imine (C=N–C) groups is 1. The standard InChI is InChI=1S/C32H39N5O3/c1-21-3-4-26(17-29(21)35-30(38)27-13-16-37(20-27)31(39)25-9-10-25)32(40)36-14-11-24(12-15-36)22-5-7-23(8-6-22)28(18-33)19-34-2/h3-8,17-19,24-25,27H,9-16,20,33H2,1-2H3,(H,35,38). The van der Waals surface area contributed by atoms with Gasteiger partial charge in [0.25, 0.3) is 5.91 Å². The molecule has 3 aliphatic rings. The van der Waals surface area contributed by atoms with Crippen LogP contribution in [0.3, 0.4) is 0 Å². The van der Waals surface area contributed by atoms with E-state index in [1.165, 1.54) is 5.56 Å². The minimum atomic E-state index is -0.216. The van der Waals surface area contributed by atoms with Crippen molar-refractivity contribution >= 4 is 35.2 Å². The van der Waals surface area contributed by atoms with E-state index >= 15 is 0 Å². The minimum absolute atomic E-state index is 0.0112. The smallest absolute Gasteiger partial charge is 0.253 e. The maximum absolute atomic E-state index is 13.4. The van der Waals surface area contributed by atoms with Gasteiger partial charge >= 0.3 is 0 Å². The molecule has 0 radical (unpaired) electrons. The number of benzene rings is 2. The number of anilines is 1. The van der Waals surface area contributed by atoms with E-state index in [-0.39, 0.29) is 29.6 Å². The van der Waals surface area contributed by atoms with E-state index in [0.717, 1.165) is 42.4 Å². The Kier molecular flexibility index (Phi) is 8.33. The summed E-state index contributed by atoms with van der Waals surface area (Å²) in [5, 5.41) is 3.04. The molecule has 40 heavy (non-hydrogen) atoms. The highest BCUT2D eigenvalue weighted by atomic mass is 16.2. The lowest BCUT2D eigenvalue weighted by Crippen LogP contribution is -2.38. The molecule has 3 amide bonds. The molecule has 2 aromatic carbocycles. The van der Waals surface area contributed by atoms with E-state index in [2.05, 4.69) is 34.6 Å². The Morgan fingerprint density at radius 1 is 0.900 bits per heavy atom. The zero-order chi connectivity index (χ0) is 28.2. The van der Waals surface area contributed by atoms with E-state index in [1.54, 1.807) is 25.5 Å². The molecule has 2 saturated heterocycles. The van der Waals surface area contributed by atoms with Crippen LogP contribution in [0.4, 0.5) is 5.69 Å². The third-order valence-corrected chi connectivity index (χ3v) is 8.49. The number of nitrogens with zero attached hydrogens (tertiary/aromatic N) is 3. The number of hydrogen-bond acceptors (Lipinski definition) is 5. The maximum atomic E-state index is 13.4. The molecular weight excluding hydrogens is 502 g/mol. The fourth-order valence-electron chi connectivity index (χ4n) is 5.79. The number of amides is 3. The van der Waals surface area contributed by atoms with Crippen molar-refractivity contribution in [3.8, 4) is 0 Å². The first-order valence-electron chi connectivity index (χ1n) is 14.3. The van der Waals surface area contributed by atoms with Crippen LogP contribution in [0.15, 0.2) is 53.7 Å². The lowest BCUT2D eigenvalue weighted by atomic mass is 9.88. The molecule has 0 bridgehead atoms. The summed E-state index contributed by atoms with van der Waals surface area (Å²) in [6, 6.07) is 14.0. The Bertz CT molecular complexity index is 1320. The van der Waals surface area contributed by atoms with Crippen molar-refractivity contribution in [2.45, 2.75) is 44.9 Å². The fraction of sp³-hybridized carbons (Fsp3) is 0.438. The van der Waals surface area contributed by atoms with Crippen LogP contribution in [0, 0.1) is 18.8 Å². The average Bonchev–Trinajstić information content (AvgIpc) is 3.72. The fourth-order valence-corrected chi connectivity index (χ4v) is 5.79. The molecule has 1 atom stereocenters. The molecule has 1 saturated carbocycles. The number of nitrogens with one attached hydrogen (secondary N) is 1. The largest absolute Gasteiger partial charge is 0.404 e. The highest BCUT2D eigenvalue weighted by Gasteiger charge is 2.38. The zero-order valence-electron chi connectivity index (χ0n) is 23.4. The molecule has 3 N–H and O–H groups in total. The summed E-state index contributed by atoms with van der Waals surface area (Å²) in [4.78, 5) is 46.6. The minimum Gasteiger partial charge on any atom is -0.404 e. The second-order valence-electron chi connectivity index (χ2n) is 11.3. The van der Waals surface area contributed by atoms with Crippen LogP contribution in [0.2, 0.25) is 0 Å².